The maximum atomic E-state index is 9.44. The van der Waals surface area contributed by atoms with E-state index in [9.17, 15) is 5.11 Å². The number of rotatable bonds is 6. The monoisotopic (exact) mass is 348 g/mol. The molecular weight excluding hydrogens is 320 g/mol. The van der Waals surface area contributed by atoms with Gasteiger partial charge in [0, 0.05) is 56.9 Å². The average Bonchev–Trinajstić information content (AvgIpc) is 3.09. The predicted octanol–water partition coefficient (Wildman–Crippen LogP) is 2.54. The molecule has 0 aliphatic carbocycles. The van der Waals surface area contributed by atoms with Crippen molar-refractivity contribution in [3.63, 3.8) is 0 Å². The molecule has 5 nitrogen and oxygen atoms in total. The lowest BCUT2D eigenvalue weighted by molar-refractivity contribution is 0.0628. The van der Waals surface area contributed by atoms with Crippen LogP contribution in [0.1, 0.15) is 31.7 Å². The highest BCUT2D eigenvalue weighted by Gasteiger charge is 2.27. The first kappa shape index (κ1) is 17.6. The van der Waals surface area contributed by atoms with E-state index in [1.165, 1.54) is 11.3 Å². The van der Waals surface area contributed by atoms with Crippen molar-refractivity contribution in [2.75, 3.05) is 32.8 Å². The second-order valence-corrected chi connectivity index (χ2v) is 7.75. The van der Waals surface area contributed by atoms with Crippen LogP contribution in [-0.2, 0) is 6.54 Å². The fourth-order valence-electron chi connectivity index (χ4n) is 3.41. The molecule has 0 amide bonds. The number of piperazine rings is 1. The number of aromatic nitrogens is 2. The minimum atomic E-state index is 0.254. The van der Waals surface area contributed by atoms with Crippen LogP contribution in [0.25, 0.3) is 4.96 Å². The lowest BCUT2D eigenvalue weighted by Crippen LogP contribution is -2.53. The quantitative estimate of drug-likeness (QED) is 0.815. The molecule has 0 spiro atoms. The van der Waals surface area contributed by atoms with E-state index < -0.39 is 0 Å². The molecule has 1 fully saturated rings. The fourth-order valence-corrected chi connectivity index (χ4v) is 4.19. The van der Waals surface area contributed by atoms with E-state index >= 15 is 0 Å². The molecule has 24 heavy (non-hydrogen) atoms. The lowest BCUT2D eigenvalue weighted by atomic mass is 10.1. The molecule has 3 heterocycles. The van der Waals surface area contributed by atoms with Crippen molar-refractivity contribution in [3.05, 3.63) is 34.6 Å². The van der Waals surface area contributed by atoms with E-state index in [2.05, 4.69) is 57.6 Å². The van der Waals surface area contributed by atoms with E-state index in [4.69, 9.17) is 0 Å². The zero-order valence-corrected chi connectivity index (χ0v) is 15.7. The summed E-state index contributed by atoms with van der Waals surface area (Å²) in [5.74, 6) is 0. The maximum Gasteiger partial charge on any atom is 0.194 e. The summed E-state index contributed by atoms with van der Waals surface area (Å²) >= 11 is 1.69. The fraction of sp³-hybridized carbons (Fsp3) is 0.611. The molecule has 1 aliphatic heterocycles. The van der Waals surface area contributed by atoms with Gasteiger partial charge >= 0.3 is 0 Å². The lowest BCUT2D eigenvalue weighted by Gasteiger charge is -2.41. The first-order valence-electron chi connectivity index (χ1n) is 8.70. The number of nitrogens with zero attached hydrogens (tertiary/aromatic N) is 4. The number of thiazole rings is 1. The molecule has 132 valence electrons. The summed E-state index contributed by atoms with van der Waals surface area (Å²) in [4.78, 5) is 10.7. The SMILES string of the molecule is CC(C)=CCN1CCN(Cc2c(C)nc3sccn23)CC1CCO. The van der Waals surface area contributed by atoms with Crippen LogP contribution >= 0.6 is 11.3 Å². The third kappa shape index (κ3) is 3.88. The number of aryl methyl sites for hydroxylation is 1. The van der Waals surface area contributed by atoms with Gasteiger partial charge in [-0.15, -0.1) is 11.3 Å². The third-order valence-electron chi connectivity index (χ3n) is 4.82. The molecular formula is C18H28N4OS. The Morgan fingerprint density at radius 2 is 2.25 bits per heavy atom. The molecule has 1 aliphatic rings. The van der Waals surface area contributed by atoms with Gasteiger partial charge in [-0.2, -0.15) is 0 Å². The normalized spacial score (nSPS) is 19.9. The van der Waals surface area contributed by atoms with Crippen molar-refractivity contribution >= 4 is 16.3 Å². The number of hydrogen-bond donors (Lipinski definition) is 1. The van der Waals surface area contributed by atoms with Crippen LogP contribution in [0.3, 0.4) is 0 Å². The van der Waals surface area contributed by atoms with Gasteiger partial charge in [0.1, 0.15) is 0 Å². The number of allylic oxidation sites excluding steroid dienone is 1. The minimum absolute atomic E-state index is 0.254. The van der Waals surface area contributed by atoms with E-state index in [-0.39, 0.29) is 6.61 Å². The zero-order valence-electron chi connectivity index (χ0n) is 14.9. The number of hydrogen-bond acceptors (Lipinski definition) is 5. The van der Waals surface area contributed by atoms with Crippen molar-refractivity contribution in [1.29, 1.82) is 0 Å². The molecule has 0 bridgehead atoms. The maximum absolute atomic E-state index is 9.44. The molecule has 1 unspecified atom stereocenters. The van der Waals surface area contributed by atoms with Crippen molar-refractivity contribution in [2.24, 2.45) is 0 Å². The third-order valence-corrected chi connectivity index (χ3v) is 5.58. The number of aliphatic hydroxyl groups is 1. The van der Waals surface area contributed by atoms with Gasteiger partial charge in [0.25, 0.3) is 0 Å². The van der Waals surface area contributed by atoms with Crippen molar-refractivity contribution in [2.45, 2.75) is 39.8 Å². The number of imidazole rings is 1. The van der Waals surface area contributed by atoms with Crippen LogP contribution in [0, 0.1) is 6.92 Å². The van der Waals surface area contributed by atoms with Gasteiger partial charge in [0.2, 0.25) is 0 Å². The molecule has 0 aromatic carbocycles. The largest absolute Gasteiger partial charge is 0.396 e. The van der Waals surface area contributed by atoms with Crippen LogP contribution in [0.15, 0.2) is 23.2 Å². The number of aliphatic hydroxyl groups excluding tert-OH is 1. The Bertz CT molecular complexity index is 701. The van der Waals surface area contributed by atoms with Crippen LogP contribution in [0.5, 0.6) is 0 Å². The highest BCUT2D eigenvalue weighted by molar-refractivity contribution is 7.15. The molecule has 1 N–H and O–H groups in total. The van der Waals surface area contributed by atoms with E-state index in [0.29, 0.717) is 6.04 Å². The van der Waals surface area contributed by atoms with Gasteiger partial charge in [-0.25, -0.2) is 4.98 Å². The summed E-state index contributed by atoms with van der Waals surface area (Å²) in [6.45, 7) is 11.7. The second kappa shape index (κ2) is 7.78. The molecule has 1 atom stereocenters. The highest BCUT2D eigenvalue weighted by Crippen LogP contribution is 2.21. The van der Waals surface area contributed by atoms with Gasteiger partial charge in [-0.1, -0.05) is 11.6 Å². The van der Waals surface area contributed by atoms with Crippen molar-refractivity contribution in [3.8, 4) is 0 Å². The summed E-state index contributed by atoms with van der Waals surface area (Å²) < 4.78 is 2.22. The van der Waals surface area contributed by atoms with Crippen molar-refractivity contribution < 1.29 is 5.11 Å². The first-order chi connectivity index (χ1) is 11.6. The summed E-state index contributed by atoms with van der Waals surface area (Å²) in [6, 6.07) is 0.422. The van der Waals surface area contributed by atoms with Crippen LogP contribution in [0.4, 0.5) is 0 Å². The Morgan fingerprint density at radius 1 is 1.42 bits per heavy atom. The van der Waals surface area contributed by atoms with Crippen molar-refractivity contribution in [1.82, 2.24) is 19.2 Å². The Balaban J connectivity index is 1.68. The second-order valence-electron chi connectivity index (χ2n) is 6.88. The van der Waals surface area contributed by atoms with E-state index in [1.54, 1.807) is 11.3 Å². The molecule has 0 saturated carbocycles. The van der Waals surface area contributed by atoms with Gasteiger partial charge in [-0.05, 0) is 27.2 Å². The standard InChI is InChI=1S/C18H28N4OS/c1-14(2)4-6-21-8-7-20(12-16(21)5-10-23)13-17-15(3)19-18-22(17)9-11-24-18/h4,9,11,16,23H,5-8,10,12-13H2,1-3H3. The zero-order chi connectivity index (χ0) is 17.1. The van der Waals surface area contributed by atoms with Crippen LogP contribution in [-0.4, -0.2) is 63.1 Å². The summed E-state index contributed by atoms with van der Waals surface area (Å²) in [7, 11) is 0. The van der Waals surface area contributed by atoms with Gasteiger partial charge in [-0.3, -0.25) is 14.2 Å². The molecule has 3 rings (SSSR count). The topological polar surface area (TPSA) is 44.0 Å². The van der Waals surface area contributed by atoms with Crippen LogP contribution < -0.4 is 0 Å². The summed E-state index contributed by atoms with van der Waals surface area (Å²) in [5, 5.41) is 11.5. The van der Waals surface area contributed by atoms with Gasteiger partial charge in [0.15, 0.2) is 4.96 Å². The van der Waals surface area contributed by atoms with E-state index in [1.807, 2.05) is 0 Å². The van der Waals surface area contributed by atoms with E-state index in [0.717, 1.165) is 49.8 Å². The summed E-state index contributed by atoms with van der Waals surface area (Å²) in [5.41, 5.74) is 3.79. The first-order valence-corrected chi connectivity index (χ1v) is 9.58. The van der Waals surface area contributed by atoms with Gasteiger partial charge < -0.3 is 5.11 Å². The Kier molecular flexibility index (Phi) is 5.71. The molecule has 1 saturated heterocycles. The minimum Gasteiger partial charge on any atom is -0.396 e. The predicted molar refractivity (Wildman–Crippen MR) is 99.6 cm³/mol. The summed E-state index contributed by atoms with van der Waals surface area (Å²) in [6.07, 6.45) is 5.24. The molecule has 0 radical (unpaired) electrons. The Hall–Kier alpha value is -1.21. The Labute approximate surface area is 148 Å². The molecule has 6 heteroatoms. The van der Waals surface area contributed by atoms with Gasteiger partial charge in [0.05, 0.1) is 11.4 Å². The number of fused-ring (bicyclic) bond motifs is 1. The molecule has 2 aromatic heterocycles. The molecule has 2 aromatic rings. The Morgan fingerprint density at radius 3 is 3.00 bits per heavy atom. The van der Waals surface area contributed by atoms with Crippen LogP contribution in [0.2, 0.25) is 0 Å². The highest BCUT2D eigenvalue weighted by atomic mass is 32.1. The smallest absolute Gasteiger partial charge is 0.194 e. The average molecular weight is 349 g/mol.